The predicted molar refractivity (Wildman–Crippen MR) is 57.2 cm³/mol. The summed E-state index contributed by atoms with van der Waals surface area (Å²) in [6.07, 6.45) is 1.93. The standard InChI is InChI=1S/C9H14N2O4S/c10-9(2-3-15-6-9)8(12)11-7-1-4-16(13,14)5-7/h1,4,7H,2-3,5-6,10H2,(H,11,12). The van der Waals surface area contributed by atoms with E-state index in [1.165, 1.54) is 6.08 Å². The highest BCUT2D eigenvalue weighted by atomic mass is 32.2. The summed E-state index contributed by atoms with van der Waals surface area (Å²) in [4.78, 5) is 11.8. The lowest BCUT2D eigenvalue weighted by molar-refractivity contribution is -0.126. The highest BCUT2D eigenvalue weighted by Gasteiger charge is 2.39. The minimum atomic E-state index is -3.15. The van der Waals surface area contributed by atoms with Crippen LogP contribution >= 0.6 is 0 Å². The van der Waals surface area contributed by atoms with E-state index in [-0.39, 0.29) is 18.3 Å². The molecule has 3 N–H and O–H groups in total. The molecule has 2 rings (SSSR count). The number of carbonyl (C=O) groups is 1. The van der Waals surface area contributed by atoms with Crippen LogP contribution in [-0.2, 0) is 19.4 Å². The van der Waals surface area contributed by atoms with Crippen LogP contribution in [0.15, 0.2) is 11.5 Å². The number of hydrogen-bond donors (Lipinski definition) is 2. The molecule has 2 heterocycles. The second-order valence-electron chi connectivity index (χ2n) is 4.20. The molecule has 0 aromatic rings. The Morgan fingerprint density at radius 1 is 1.56 bits per heavy atom. The molecule has 90 valence electrons. The third kappa shape index (κ3) is 2.26. The number of hydrogen-bond acceptors (Lipinski definition) is 5. The molecule has 0 aromatic heterocycles. The molecule has 2 aliphatic rings. The van der Waals surface area contributed by atoms with E-state index in [2.05, 4.69) is 5.32 Å². The van der Waals surface area contributed by atoms with Crippen molar-refractivity contribution in [3.8, 4) is 0 Å². The van der Waals surface area contributed by atoms with Gasteiger partial charge in [-0.2, -0.15) is 0 Å². The molecule has 1 amide bonds. The molecular formula is C9H14N2O4S. The Bertz CT molecular complexity index is 423. The predicted octanol–water partition coefficient (Wildman–Crippen LogP) is -1.47. The molecule has 1 fully saturated rings. The largest absolute Gasteiger partial charge is 0.379 e. The van der Waals surface area contributed by atoms with E-state index in [4.69, 9.17) is 10.5 Å². The van der Waals surface area contributed by atoms with Crippen molar-refractivity contribution < 1.29 is 17.9 Å². The molecule has 0 spiro atoms. The van der Waals surface area contributed by atoms with Gasteiger partial charge in [-0.1, -0.05) is 0 Å². The lowest BCUT2D eigenvalue weighted by Gasteiger charge is -2.22. The molecule has 2 unspecified atom stereocenters. The van der Waals surface area contributed by atoms with Gasteiger partial charge in [0.25, 0.3) is 0 Å². The van der Waals surface area contributed by atoms with Gasteiger partial charge in [0.1, 0.15) is 5.54 Å². The lowest BCUT2D eigenvalue weighted by Crippen LogP contribution is -2.56. The molecule has 1 saturated heterocycles. The zero-order valence-electron chi connectivity index (χ0n) is 8.68. The fourth-order valence-corrected chi connectivity index (χ4v) is 2.97. The molecule has 0 saturated carbocycles. The molecule has 2 aliphatic heterocycles. The summed E-state index contributed by atoms with van der Waals surface area (Å²) in [5, 5.41) is 3.72. The smallest absolute Gasteiger partial charge is 0.243 e. The molecule has 0 aliphatic carbocycles. The first-order valence-electron chi connectivity index (χ1n) is 5.00. The molecule has 0 radical (unpaired) electrons. The summed E-state index contributed by atoms with van der Waals surface area (Å²) in [5.74, 6) is -0.438. The Balaban J connectivity index is 1.96. The maximum atomic E-state index is 11.8. The van der Waals surface area contributed by atoms with E-state index < -0.39 is 21.4 Å². The first kappa shape index (κ1) is 11.6. The van der Waals surface area contributed by atoms with Crippen LogP contribution in [0.1, 0.15) is 6.42 Å². The van der Waals surface area contributed by atoms with Crippen molar-refractivity contribution >= 4 is 15.7 Å². The van der Waals surface area contributed by atoms with Crippen LogP contribution < -0.4 is 11.1 Å². The van der Waals surface area contributed by atoms with Gasteiger partial charge in [-0.3, -0.25) is 4.79 Å². The van der Waals surface area contributed by atoms with Gasteiger partial charge in [0, 0.05) is 12.0 Å². The van der Waals surface area contributed by atoms with E-state index >= 15 is 0 Å². The molecular weight excluding hydrogens is 232 g/mol. The number of ether oxygens (including phenoxy) is 1. The minimum absolute atomic E-state index is 0.0876. The Morgan fingerprint density at radius 2 is 2.31 bits per heavy atom. The summed E-state index contributed by atoms with van der Waals surface area (Å²) in [7, 11) is -3.15. The number of amides is 1. The van der Waals surface area contributed by atoms with Gasteiger partial charge in [-0.25, -0.2) is 8.42 Å². The number of rotatable bonds is 2. The number of nitrogens with two attached hydrogens (primary N) is 1. The van der Waals surface area contributed by atoms with Crippen molar-refractivity contribution in [3.63, 3.8) is 0 Å². The first-order valence-corrected chi connectivity index (χ1v) is 6.71. The third-order valence-electron chi connectivity index (χ3n) is 2.75. The van der Waals surface area contributed by atoms with Crippen LogP contribution in [0.25, 0.3) is 0 Å². The van der Waals surface area contributed by atoms with E-state index in [9.17, 15) is 13.2 Å². The minimum Gasteiger partial charge on any atom is -0.379 e. The molecule has 7 heteroatoms. The monoisotopic (exact) mass is 246 g/mol. The summed E-state index contributed by atoms with van der Waals surface area (Å²) in [6.45, 7) is 0.644. The number of sulfone groups is 1. The summed E-state index contributed by atoms with van der Waals surface area (Å²) in [6, 6.07) is -0.474. The third-order valence-corrected chi connectivity index (χ3v) is 4.15. The normalized spacial score (nSPS) is 36.4. The maximum Gasteiger partial charge on any atom is 0.243 e. The molecule has 0 bridgehead atoms. The Labute approximate surface area is 93.7 Å². The second-order valence-corrected chi connectivity index (χ2v) is 6.13. The molecule has 2 atom stereocenters. The van der Waals surface area contributed by atoms with Crippen molar-refractivity contribution in [3.05, 3.63) is 11.5 Å². The van der Waals surface area contributed by atoms with Crippen molar-refractivity contribution in [2.24, 2.45) is 5.73 Å². The Hall–Kier alpha value is -0.920. The molecule has 16 heavy (non-hydrogen) atoms. The fraction of sp³-hybridized carbons (Fsp3) is 0.667. The van der Waals surface area contributed by atoms with E-state index in [1.807, 2.05) is 0 Å². The Morgan fingerprint density at radius 3 is 2.81 bits per heavy atom. The zero-order chi connectivity index (χ0) is 11.8. The van der Waals surface area contributed by atoms with Gasteiger partial charge in [0.15, 0.2) is 9.84 Å². The maximum absolute atomic E-state index is 11.8. The van der Waals surface area contributed by atoms with Crippen LogP contribution in [0.2, 0.25) is 0 Å². The van der Waals surface area contributed by atoms with Crippen molar-refractivity contribution in [1.82, 2.24) is 5.32 Å². The van der Waals surface area contributed by atoms with Crippen molar-refractivity contribution in [2.75, 3.05) is 19.0 Å². The van der Waals surface area contributed by atoms with Gasteiger partial charge in [0.2, 0.25) is 5.91 Å². The fourth-order valence-electron chi connectivity index (χ4n) is 1.74. The van der Waals surface area contributed by atoms with Gasteiger partial charge >= 0.3 is 0 Å². The average molecular weight is 246 g/mol. The summed E-state index contributed by atoms with van der Waals surface area (Å²) < 4.78 is 27.3. The van der Waals surface area contributed by atoms with Gasteiger partial charge in [-0.15, -0.1) is 0 Å². The van der Waals surface area contributed by atoms with Gasteiger partial charge in [0.05, 0.1) is 18.4 Å². The Kier molecular flexibility index (Phi) is 2.77. The molecule has 6 nitrogen and oxygen atoms in total. The summed E-state index contributed by atoms with van der Waals surface area (Å²) in [5.41, 5.74) is 4.82. The molecule has 0 aromatic carbocycles. The topological polar surface area (TPSA) is 98.5 Å². The quantitative estimate of drug-likeness (QED) is 0.620. The number of carbonyl (C=O) groups excluding carboxylic acids is 1. The second kappa shape index (κ2) is 3.83. The van der Waals surface area contributed by atoms with Crippen LogP contribution in [0, 0.1) is 0 Å². The van der Waals surface area contributed by atoms with Crippen molar-refractivity contribution in [2.45, 2.75) is 18.0 Å². The van der Waals surface area contributed by atoms with Gasteiger partial charge in [-0.05, 0) is 12.5 Å². The van der Waals surface area contributed by atoms with Crippen LogP contribution in [0.5, 0.6) is 0 Å². The van der Waals surface area contributed by atoms with Crippen LogP contribution in [0.3, 0.4) is 0 Å². The summed E-state index contributed by atoms with van der Waals surface area (Å²) >= 11 is 0. The zero-order valence-corrected chi connectivity index (χ0v) is 9.50. The number of nitrogens with one attached hydrogen (secondary N) is 1. The van der Waals surface area contributed by atoms with E-state index in [0.29, 0.717) is 13.0 Å². The lowest BCUT2D eigenvalue weighted by atomic mass is 9.99. The van der Waals surface area contributed by atoms with E-state index in [1.54, 1.807) is 0 Å². The van der Waals surface area contributed by atoms with Gasteiger partial charge < -0.3 is 15.8 Å². The SMILES string of the molecule is NC1(C(=O)NC2C=CS(=O)(=O)C2)CCOC1. The van der Waals surface area contributed by atoms with Crippen LogP contribution in [0.4, 0.5) is 0 Å². The highest BCUT2D eigenvalue weighted by molar-refractivity contribution is 7.94. The van der Waals surface area contributed by atoms with Crippen molar-refractivity contribution in [1.29, 1.82) is 0 Å². The highest BCUT2D eigenvalue weighted by Crippen LogP contribution is 2.16. The first-order chi connectivity index (χ1) is 7.41. The van der Waals surface area contributed by atoms with Crippen LogP contribution in [-0.4, -0.2) is 44.9 Å². The van der Waals surface area contributed by atoms with E-state index in [0.717, 1.165) is 5.41 Å². The average Bonchev–Trinajstić information content (AvgIpc) is 2.74.